The summed E-state index contributed by atoms with van der Waals surface area (Å²) in [4.78, 5) is 13.1. The van der Waals surface area contributed by atoms with Gasteiger partial charge in [0.05, 0.1) is 23.2 Å². The monoisotopic (exact) mass is 448 g/mol. The molecule has 0 aromatic heterocycles. The molecule has 0 spiro atoms. The molecule has 0 bridgehead atoms. The van der Waals surface area contributed by atoms with E-state index >= 15 is 0 Å². The van der Waals surface area contributed by atoms with Crippen LogP contribution in [-0.4, -0.2) is 27.0 Å². The van der Waals surface area contributed by atoms with Crippen LogP contribution >= 0.6 is 0 Å². The summed E-state index contributed by atoms with van der Waals surface area (Å²) in [5, 5.41) is 3.04. The van der Waals surface area contributed by atoms with Crippen molar-refractivity contribution in [2.75, 3.05) is 10.9 Å². The highest BCUT2D eigenvalue weighted by molar-refractivity contribution is 7.92. The van der Waals surface area contributed by atoms with Crippen molar-refractivity contribution in [2.45, 2.75) is 36.7 Å². The largest absolute Gasteiger partial charge is 0.493 e. The third-order valence-electron chi connectivity index (χ3n) is 6.06. The third kappa shape index (κ3) is 3.52. The summed E-state index contributed by atoms with van der Waals surface area (Å²) >= 11 is 0. The molecule has 0 unspecified atom stereocenters. The summed E-state index contributed by atoms with van der Waals surface area (Å²) in [6, 6.07) is 21.1. The van der Waals surface area contributed by atoms with Crippen LogP contribution in [-0.2, 0) is 16.4 Å². The number of anilines is 1. The van der Waals surface area contributed by atoms with Gasteiger partial charge in [-0.05, 0) is 49.2 Å². The van der Waals surface area contributed by atoms with Crippen molar-refractivity contribution in [1.82, 2.24) is 5.32 Å². The minimum absolute atomic E-state index is 0.112. The Bertz CT molecular complexity index is 1290. The van der Waals surface area contributed by atoms with E-state index in [1.54, 1.807) is 18.2 Å². The SMILES string of the molecule is C[C@H]1Cc2ccccc2N1S(=O)(=O)c1cccc(C(=O)N[C@H]2CCOc3ccccc32)c1. The Kier molecular flexibility index (Phi) is 5.13. The van der Waals surface area contributed by atoms with Crippen LogP contribution in [0.25, 0.3) is 0 Å². The fourth-order valence-electron chi connectivity index (χ4n) is 4.55. The zero-order valence-electron chi connectivity index (χ0n) is 17.7. The van der Waals surface area contributed by atoms with Crippen LogP contribution in [0.1, 0.15) is 40.9 Å². The molecule has 0 fully saturated rings. The number of amides is 1. The van der Waals surface area contributed by atoms with Crippen LogP contribution < -0.4 is 14.4 Å². The van der Waals surface area contributed by atoms with Crippen molar-refractivity contribution in [3.05, 3.63) is 89.5 Å². The number of rotatable bonds is 4. The molecule has 164 valence electrons. The minimum Gasteiger partial charge on any atom is -0.493 e. The summed E-state index contributed by atoms with van der Waals surface area (Å²) in [5.74, 6) is 0.459. The summed E-state index contributed by atoms with van der Waals surface area (Å²) in [6.45, 7) is 2.42. The summed E-state index contributed by atoms with van der Waals surface area (Å²) in [5.41, 5.74) is 2.96. The molecular weight excluding hydrogens is 424 g/mol. The molecule has 32 heavy (non-hydrogen) atoms. The maximum Gasteiger partial charge on any atom is 0.264 e. The van der Waals surface area contributed by atoms with Crippen molar-refractivity contribution >= 4 is 21.6 Å². The Balaban J connectivity index is 1.42. The number of nitrogens with zero attached hydrogens (tertiary/aromatic N) is 1. The van der Waals surface area contributed by atoms with Gasteiger partial charge in [0.2, 0.25) is 0 Å². The first-order valence-corrected chi connectivity index (χ1v) is 12.1. The van der Waals surface area contributed by atoms with E-state index in [1.165, 1.54) is 10.4 Å². The van der Waals surface area contributed by atoms with E-state index in [4.69, 9.17) is 4.74 Å². The van der Waals surface area contributed by atoms with Gasteiger partial charge in [0.1, 0.15) is 5.75 Å². The fraction of sp³-hybridized carbons (Fsp3) is 0.240. The Labute approximate surface area is 187 Å². The summed E-state index contributed by atoms with van der Waals surface area (Å²) in [6.07, 6.45) is 1.32. The summed E-state index contributed by atoms with van der Waals surface area (Å²) in [7, 11) is -3.81. The lowest BCUT2D eigenvalue weighted by atomic mass is 10.00. The van der Waals surface area contributed by atoms with E-state index in [2.05, 4.69) is 5.32 Å². The van der Waals surface area contributed by atoms with Gasteiger partial charge in [0.15, 0.2) is 0 Å². The maximum absolute atomic E-state index is 13.5. The Morgan fingerprint density at radius 2 is 1.81 bits per heavy atom. The van der Waals surface area contributed by atoms with Gasteiger partial charge >= 0.3 is 0 Å². The van der Waals surface area contributed by atoms with Crippen LogP contribution in [0.15, 0.2) is 77.7 Å². The molecule has 1 amide bonds. The number of para-hydroxylation sites is 2. The van der Waals surface area contributed by atoms with E-state index < -0.39 is 10.0 Å². The smallest absolute Gasteiger partial charge is 0.264 e. The van der Waals surface area contributed by atoms with Crippen molar-refractivity contribution < 1.29 is 17.9 Å². The lowest BCUT2D eigenvalue weighted by Gasteiger charge is -2.27. The van der Waals surface area contributed by atoms with Crippen LogP contribution in [0, 0.1) is 0 Å². The van der Waals surface area contributed by atoms with Crippen LogP contribution in [0.4, 0.5) is 5.69 Å². The number of carbonyl (C=O) groups is 1. The highest BCUT2D eigenvalue weighted by atomic mass is 32.2. The molecule has 3 aromatic carbocycles. The molecule has 5 rings (SSSR count). The third-order valence-corrected chi connectivity index (χ3v) is 7.99. The quantitative estimate of drug-likeness (QED) is 0.653. The van der Waals surface area contributed by atoms with Gasteiger partial charge in [0, 0.05) is 23.6 Å². The number of ether oxygens (including phenoxy) is 1. The minimum atomic E-state index is -3.81. The Morgan fingerprint density at radius 3 is 2.69 bits per heavy atom. The van der Waals surface area contributed by atoms with Gasteiger partial charge in [-0.15, -0.1) is 0 Å². The molecule has 2 aliphatic heterocycles. The average Bonchev–Trinajstić information content (AvgIpc) is 3.16. The van der Waals surface area contributed by atoms with Gasteiger partial charge in [-0.3, -0.25) is 9.10 Å². The van der Waals surface area contributed by atoms with Crippen molar-refractivity contribution in [2.24, 2.45) is 0 Å². The van der Waals surface area contributed by atoms with E-state index in [9.17, 15) is 13.2 Å². The zero-order chi connectivity index (χ0) is 22.3. The molecule has 2 atom stereocenters. The zero-order valence-corrected chi connectivity index (χ0v) is 18.5. The molecule has 7 heteroatoms. The predicted octanol–water partition coefficient (Wildman–Crippen LogP) is 4.08. The van der Waals surface area contributed by atoms with E-state index in [0.29, 0.717) is 30.7 Å². The molecule has 2 heterocycles. The molecule has 6 nitrogen and oxygen atoms in total. The standard InChI is InChI=1S/C25H24N2O4S/c1-17-15-18-7-2-4-11-23(18)27(17)32(29,30)20-9-6-8-19(16-20)25(28)26-22-13-14-31-24-12-5-3-10-21(22)24/h2-12,16-17,22H,13-15H2,1H3,(H,26,28)/t17-,22-/m0/s1. The van der Waals surface area contributed by atoms with Gasteiger partial charge in [-0.2, -0.15) is 0 Å². The Hall–Kier alpha value is -3.32. The number of benzene rings is 3. The molecule has 3 aromatic rings. The lowest BCUT2D eigenvalue weighted by Crippen LogP contribution is -2.36. The number of sulfonamides is 1. The molecular formula is C25H24N2O4S. The van der Waals surface area contributed by atoms with E-state index in [0.717, 1.165) is 16.9 Å². The number of hydrogen-bond donors (Lipinski definition) is 1. The van der Waals surface area contributed by atoms with Crippen LogP contribution in [0.2, 0.25) is 0 Å². The first kappa shape index (κ1) is 20.6. The molecule has 0 radical (unpaired) electrons. The highest BCUT2D eigenvalue weighted by Crippen LogP contribution is 2.37. The first-order valence-electron chi connectivity index (χ1n) is 10.7. The van der Waals surface area contributed by atoms with Crippen LogP contribution in [0.3, 0.4) is 0 Å². The number of fused-ring (bicyclic) bond motifs is 2. The van der Waals surface area contributed by atoms with Gasteiger partial charge in [0.25, 0.3) is 15.9 Å². The second kappa shape index (κ2) is 7.98. The van der Waals surface area contributed by atoms with Crippen molar-refractivity contribution in [3.63, 3.8) is 0 Å². The molecule has 0 saturated carbocycles. The molecule has 0 saturated heterocycles. The van der Waals surface area contributed by atoms with Crippen LogP contribution in [0.5, 0.6) is 5.75 Å². The van der Waals surface area contributed by atoms with Crippen molar-refractivity contribution in [3.8, 4) is 5.75 Å². The van der Waals surface area contributed by atoms with Gasteiger partial charge in [-0.1, -0.05) is 42.5 Å². The second-order valence-electron chi connectivity index (χ2n) is 8.21. The lowest BCUT2D eigenvalue weighted by molar-refractivity contribution is 0.0924. The van der Waals surface area contributed by atoms with Crippen molar-refractivity contribution in [1.29, 1.82) is 0 Å². The highest BCUT2D eigenvalue weighted by Gasteiger charge is 2.36. The number of carbonyl (C=O) groups excluding carboxylic acids is 1. The van der Waals surface area contributed by atoms with E-state index in [-0.39, 0.29) is 22.9 Å². The molecule has 2 aliphatic rings. The second-order valence-corrected chi connectivity index (χ2v) is 10.0. The fourth-order valence-corrected chi connectivity index (χ4v) is 6.29. The number of nitrogens with one attached hydrogen (secondary N) is 1. The first-order chi connectivity index (χ1) is 15.4. The molecule has 0 aliphatic carbocycles. The van der Waals surface area contributed by atoms with Gasteiger partial charge < -0.3 is 10.1 Å². The van der Waals surface area contributed by atoms with E-state index in [1.807, 2.05) is 55.5 Å². The normalized spacial score (nSPS) is 19.6. The maximum atomic E-state index is 13.5. The number of hydrogen-bond acceptors (Lipinski definition) is 4. The topological polar surface area (TPSA) is 75.7 Å². The summed E-state index contributed by atoms with van der Waals surface area (Å²) < 4.78 is 34.2. The average molecular weight is 449 g/mol. The Morgan fingerprint density at radius 1 is 1.03 bits per heavy atom. The van der Waals surface area contributed by atoms with Gasteiger partial charge in [-0.25, -0.2) is 8.42 Å². The molecule has 1 N–H and O–H groups in total. The predicted molar refractivity (Wildman–Crippen MR) is 122 cm³/mol.